The van der Waals surface area contributed by atoms with Gasteiger partial charge in [0.15, 0.2) is 0 Å². The molecule has 0 fully saturated rings. The van der Waals surface area contributed by atoms with Crippen LogP contribution in [-0.2, 0) is 6.42 Å². The molecule has 1 aromatic carbocycles. The quantitative estimate of drug-likeness (QED) is 0.763. The Morgan fingerprint density at radius 2 is 2.28 bits per heavy atom. The molecule has 1 heterocycles. The Kier molecular flexibility index (Phi) is 2.31. The molecule has 1 aliphatic rings. The molecule has 88 valence electrons. The molecule has 0 spiro atoms. The van der Waals surface area contributed by atoms with Gasteiger partial charge in [-0.1, -0.05) is 13.0 Å². The third-order valence-corrected chi connectivity index (χ3v) is 3.40. The van der Waals surface area contributed by atoms with Crippen LogP contribution in [0, 0.1) is 17.2 Å². The number of nitrogen functional groups attached to an aromatic ring is 1. The highest BCUT2D eigenvalue weighted by molar-refractivity contribution is 5.94. The standard InChI is InChI=1S/C15H13N3/c1-9-2-5-13-12(6-9)15(17)11-4-3-10(8-16)7-14(11)18-13/h2-5,7,9H,6H2,1H3,(H2,17,18). The molecule has 1 aromatic heterocycles. The first kappa shape index (κ1) is 10.8. The minimum atomic E-state index is 0.498. The van der Waals surface area contributed by atoms with Crippen molar-refractivity contribution in [2.24, 2.45) is 5.92 Å². The SMILES string of the molecule is CC1C=Cc2nc3cc(C#N)ccc3c(N)c2C1. The summed E-state index contributed by atoms with van der Waals surface area (Å²) in [4.78, 5) is 4.60. The molecule has 1 atom stereocenters. The first-order valence-corrected chi connectivity index (χ1v) is 5.99. The molecule has 1 unspecified atom stereocenters. The number of rotatable bonds is 0. The molecule has 3 nitrogen and oxygen atoms in total. The van der Waals surface area contributed by atoms with Crippen LogP contribution >= 0.6 is 0 Å². The van der Waals surface area contributed by atoms with Crippen molar-refractivity contribution in [3.63, 3.8) is 0 Å². The smallest absolute Gasteiger partial charge is 0.0992 e. The van der Waals surface area contributed by atoms with Crippen LogP contribution in [-0.4, -0.2) is 4.98 Å². The normalized spacial score (nSPS) is 17.4. The van der Waals surface area contributed by atoms with Gasteiger partial charge in [-0.2, -0.15) is 5.26 Å². The summed E-state index contributed by atoms with van der Waals surface area (Å²) in [5.41, 5.74) is 10.5. The van der Waals surface area contributed by atoms with E-state index < -0.39 is 0 Å². The minimum absolute atomic E-state index is 0.498. The minimum Gasteiger partial charge on any atom is -0.398 e. The number of pyridine rings is 1. The maximum Gasteiger partial charge on any atom is 0.0992 e. The fraction of sp³-hybridized carbons (Fsp3) is 0.200. The van der Waals surface area contributed by atoms with Crippen molar-refractivity contribution in [3.05, 3.63) is 41.1 Å². The number of anilines is 1. The molecule has 0 bridgehead atoms. The van der Waals surface area contributed by atoms with Crippen LogP contribution in [0.5, 0.6) is 0 Å². The highest BCUT2D eigenvalue weighted by Crippen LogP contribution is 2.32. The van der Waals surface area contributed by atoms with E-state index in [9.17, 15) is 0 Å². The van der Waals surface area contributed by atoms with E-state index in [2.05, 4.69) is 24.1 Å². The number of hydrogen-bond acceptors (Lipinski definition) is 3. The molecule has 18 heavy (non-hydrogen) atoms. The van der Waals surface area contributed by atoms with Crippen LogP contribution in [0.3, 0.4) is 0 Å². The summed E-state index contributed by atoms with van der Waals surface area (Å²) in [6.45, 7) is 2.17. The van der Waals surface area contributed by atoms with Crippen molar-refractivity contribution in [3.8, 4) is 6.07 Å². The molecule has 2 aromatic rings. The number of hydrogen-bond donors (Lipinski definition) is 1. The van der Waals surface area contributed by atoms with E-state index in [-0.39, 0.29) is 0 Å². The van der Waals surface area contributed by atoms with Crippen molar-refractivity contribution >= 4 is 22.7 Å². The predicted octanol–water partition coefficient (Wildman–Crippen LogP) is 2.89. The second kappa shape index (κ2) is 3.85. The summed E-state index contributed by atoms with van der Waals surface area (Å²) in [5, 5.41) is 9.86. The Morgan fingerprint density at radius 1 is 1.44 bits per heavy atom. The van der Waals surface area contributed by atoms with Crippen molar-refractivity contribution in [1.29, 1.82) is 5.26 Å². The van der Waals surface area contributed by atoms with Crippen LogP contribution in [0.2, 0.25) is 0 Å². The largest absolute Gasteiger partial charge is 0.398 e. The summed E-state index contributed by atoms with van der Waals surface area (Å²) >= 11 is 0. The average molecular weight is 235 g/mol. The van der Waals surface area contributed by atoms with Gasteiger partial charge >= 0.3 is 0 Å². The molecule has 0 radical (unpaired) electrons. The van der Waals surface area contributed by atoms with Gasteiger partial charge in [0.1, 0.15) is 0 Å². The van der Waals surface area contributed by atoms with Gasteiger partial charge in [0.05, 0.1) is 22.8 Å². The predicted molar refractivity (Wildman–Crippen MR) is 72.8 cm³/mol. The highest BCUT2D eigenvalue weighted by Gasteiger charge is 2.16. The molecular formula is C15H13N3. The molecule has 2 N–H and O–H groups in total. The zero-order valence-electron chi connectivity index (χ0n) is 10.1. The summed E-state index contributed by atoms with van der Waals surface area (Å²) < 4.78 is 0. The van der Waals surface area contributed by atoms with E-state index in [1.54, 1.807) is 12.1 Å². The second-order valence-electron chi connectivity index (χ2n) is 4.77. The summed E-state index contributed by atoms with van der Waals surface area (Å²) in [7, 11) is 0. The van der Waals surface area contributed by atoms with Gasteiger partial charge in [-0.05, 0) is 36.6 Å². The number of fused-ring (bicyclic) bond motifs is 2. The summed E-state index contributed by atoms with van der Waals surface area (Å²) in [6, 6.07) is 7.59. The average Bonchev–Trinajstić information content (AvgIpc) is 2.39. The Bertz CT molecular complexity index is 708. The lowest BCUT2D eigenvalue weighted by Gasteiger charge is -2.18. The zero-order chi connectivity index (χ0) is 12.7. The maximum absolute atomic E-state index is 8.92. The van der Waals surface area contributed by atoms with Crippen molar-refractivity contribution in [1.82, 2.24) is 4.98 Å². The van der Waals surface area contributed by atoms with Gasteiger partial charge < -0.3 is 5.73 Å². The summed E-state index contributed by atoms with van der Waals surface area (Å²) in [6.07, 6.45) is 5.10. The van der Waals surface area contributed by atoms with Gasteiger partial charge in [0.25, 0.3) is 0 Å². The highest BCUT2D eigenvalue weighted by atomic mass is 14.7. The number of nitrogens with two attached hydrogens (primary N) is 1. The molecule has 0 saturated heterocycles. The van der Waals surface area contributed by atoms with Crippen molar-refractivity contribution in [2.45, 2.75) is 13.3 Å². The zero-order valence-corrected chi connectivity index (χ0v) is 10.1. The van der Waals surface area contributed by atoms with Crippen molar-refractivity contribution in [2.75, 3.05) is 5.73 Å². The Labute approximate surface area is 106 Å². The second-order valence-corrected chi connectivity index (χ2v) is 4.77. The fourth-order valence-corrected chi connectivity index (χ4v) is 2.42. The molecular weight excluding hydrogens is 222 g/mol. The molecule has 1 aliphatic carbocycles. The fourth-order valence-electron chi connectivity index (χ4n) is 2.42. The van der Waals surface area contributed by atoms with E-state index in [1.165, 1.54) is 0 Å². The Hall–Kier alpha value is -2.34. The lowest BCUT2D eigenvalue weighted by Crippen LogP contribution is -2.09. The van der Waals surface area contributed by atoms with Gasteiger partial charge in [0, 0.05) is 16.6 Å². The topological polar surface area (TPSA) is 62.7 Å². The number of nitrogens with zero attached hydrogens (tertiary/aromatic N) is 2. The Morgan fingerprint density at radius 3 is 3.06 bits per heavy atom. The van der Waals surface area contributed by atoms with Gasteiger partial charge in [0.2, 0.25) is 0 Å². The lowest BCUT2D eigenvalue weighted by atomic mass is 9.91. The lowest BCUT2D eigenvalue weighted by molar-refractivity contribution is 0.716. The van der Waals surface area contributed by atoms with Crippen LogP contribution in [0.4, 0.5) is 5.69 Å². The molecule has 0 amide bonds. The van der Waals surface area contributed by atoms with E-state index in [4.69, 9.17) is 11.0 Å². The van der Waals surface area contributed by atoms with Gasteiger partial charge in [-0.15, -0.1) is 0 Å². The van der Waals surface area contributed by atoms with E-state index in [0.29, 0.717) is 11.5 Å². The summed E-state index contributed by atoms with van der Waals surface area (Å²) in [5.74, 6) is 0.498. The first-order valence-electron chi connectivity index (χ1n) is 5.99. The third kappa shape index (κ3) is 1.54. The van der Waals surface area contributed by atoms with Crippen LogP contribution < -0.4 is 5.73 Å². The van der Waals surface area contributed by atoms with E-state index in [0.717, 1.165) is 34.3 Å². The number of nitriles is 1. The molecule has 0 saturated carbocycles. The third-order valence-electron chi connectivity index (χ3n) is 3.40. The van der Waals surface area contributed by atoms with Crippen LogP contribution in [0.1, 0.15) is 23.7 Å². The monoisotopic (exact) mass is 235 g/mol. The van der Waals surface area contributed by atoms with Gasteiger partial charge in [-0.25, -0.2) is 4.98 Å². The molecule has 3 rings (SSSR count). The van der Waals surface area contributed by atoms with Crippen LogP contribution in [0.15, 0.2) is 24.3 Å². The number of benzene rings is 1. The van der Waals surface area contributed by atoms with Crippen molar-refractivity contribution < 1.29 is 0 Å². The Balaban J connectivity index is 2.32. The van der Waals surface area contributed by atoms with E-state index in [1.807, 2.05) is 12.1 Å². The first-order chi connectivity index (χ1) is 8.69. The number of aromatic nitrogens is 1. The molecule has 3 heteroatoms. The van der Waals surface area contributed by atoms with Gasteiger partial charge in [-0.3, -0.25) is 0 Å². The number of allylic oxidation sites excluding steroid dienone is 1. The van der Waals surface area contributed by atoms with E-state index >= 15 is 0 Å². The van der Waals surface area contributed by atoms with Crippen LogP contribution in [0.25, 0.3) is 17.0 Å². The maximum atomic E-state index is 8.92. The molecule has 0 aliphatic heterocycles.